The number of rotatable bonds is 7. The summed E-state index contributed by atoms with van der Waals surface area (Å²) in [5, 5.41) is 11.7. The van der Waals surface area contributed by atoms with E-state index in [1.807, 2.05) is 36.4 Å². The van der Waals surface area contributed by atoms with Crippen molar-refractivity contribution in [2.45, 2.75) is 10.8 Å². The van der Waals surface area contributed by atoms with Crippen LogP contribution in [-0.2, 0) is 5.75 Å². The Kier molecular flexibility index (Phi) is 6.28. The molecule has 0 atom stereocenters. The molecule has 0 saturated carbocycles. The fourth-order valence-electron chi connectivity index (χ4n) is 2.78. The zero-order valence-electron chi connectivity index (χ0n) is 16.5. The van der Waals surface area contributed by atoms with Crippen LogP contribution in [0.2, 0.25) is 0 Å². The number of nitrogens with zero attached hydrogens (tertiary/aromatic N) is 2. The molecule has 2 aromatic heterocycles. The van der Waals surface area contributed by atoms with Crippen molar-refractivity contribution in [3.63, 3.8) is 0 Å². The van der Waals surface area contributed by atoms with Gasteiger partial charge < -0.3 is 14.5 Å². The molecular weight excluding hydrogens is 417 g/mol. The molecule has 4 aromatic rings. The number of methoxy groups -OCH3 is 1. The maximum atomic E-state index is 13.7. The highest BCUT2D eigenvalue weighted by atomic mass is 32.2. The zero-order chi connectivity index (χ0) is 21.6. The summed E-state index contributed by atoms with van der Waals surface area (Å²) in [6, 6.07) is 20.6. The molecule has 4 rings (SSSR count). The predicted molar refractivity (Wildman–Crippen MR) is 117 cm³/mol. The van der Waals surface area contributed by atoms with Crippen LogP contribution in [0.1, 0.15) is 16.3 Å². The van der Waals surface area contributed by atoms with Crippen molar-refractivity contribution in [3.8, 4) is 17.0 Å². The minimum atomic E-state index is -0.509. The van der Waals surface area contributed by atoms with Crippen LogP contribution in [0.4, 0.5) is 10.1 Å². The first-order valence-corrected chi connectivity index (χ1v) is 10.4. The van der Waals surface area contributed by atoms with Gasteiger partial charge in [-0.1, -0.05) is 23.9 Å². The van der Waals surface area contributed by atoms with Crippen molar-refractivity contribution in [3.05, 3.63) is 90.1 Å². The first kappa shape index (κ1) is 20.6. The van der Waals surface area contributed by atoms with Gasteiger partial charge in [0.05, 0.1) is 24.2 Å². The molecule has 2 aromatic carbocycles. The normalized spacial score (nSPS) is 10.6. The molecule has 0 aliphatic heterocycles. The van der Waals surface area contributed by atoms with Gasteiger partial charge in [-0.3, -0.25) is 4.79 Å². The molecule has 1 N–H and O–H groups in total. The smallest absolute Gasteiger partial charge is 0.291 e. The summed E-state index contributed by atoms with van der Waals surface area (Å²) < 4.78 is 24.4. The molecule has 0 aliphatic carbocycles. The van der Waals surface area contributed by atoms with Crippen molar-refractivity contribution < 1.29 is 18.3 Å². The fourth-order valence-corrected chi connectivity index (χ4v) is 3.49. The Bertz CT molecular complexity index is 1180. The van der Waals surface area contributed by atoms with Crippen LogP contribution >= 0.6 is 11.8 Å². The van der Waals surface area contributed by atoms with E-state index in [1.165, 1.54) is 23.9 Å². The van der Waals surface area contributed by atoms with Gasteiger partial charge in [0.25, 0.3) is 5.91 Å². The quantitative estimate of drug-likeness (QED) is 0.390. The summed E-state index contributed by atoms with van der Waals surface area (Å²) in [5.41, 5.74) is 1.81. The second-order valence-corrected chi connectivity index (χ2v) is 7.47. The lowest BCUT2D eigenvalue weighted by Gasteiger charge is -2.04. The number of hydrogen-bond donors (Lipinski definition) is 1. The molecule has 6 nitrogen and oxygen atoms in total. The molecule has 0 bridgehead atoms. The predicted octanol–water partition coefficient (Wildman–Crippen LogP) is 5.43. The van der Waals surface area contributed by atoms with E-state index >= 15 is 0 Å². The number of ether oxygens (including phenoxy) is 1. The minimum Gasteiger partial charge on any atom is -0.497 e. The van der Waals surface area contributed by atoms with Crippen molar-refractivity contribution >= 4 is 23.4 Å². The topological polar surface area (TPSA) is 77.2 Å². The summed E-state index contributed by atoms with van der Waals surface area (Å²) in [4.78, 5) is 12.3. The number of hydrogen-bond acceptors (Lipinski definition) is 6. The monoisotopic (exact) mass is 435 g/mol. The van der Waals surface area contributed by atoms with E-state index in [2.05, 4.69) is 15.5 Å². The molecule has 1 amide bonds. The Morgan fingerprint density at radius 2 is 1.84 bits per heavy atom. The van der Waals surface area contributed by atoms with Crippen LogP contribution in [0, 0.1) is 5.82 Å². The van der Waals surface area contributed by atoms with Gasteiger partial charge in [0.2, 0.25) is 0 Å². The molecule has 8 heteroatoms. The van der Waals surface area contributed by atoms with Gasteiger partial charge in [0.15, 0.2) is 5.76 Å². The van der Waals surface area contributed by atoms with Gasteiger partial charge in [0, 0.05) is 5.56 Å². The third kappa shape index (κ3) is 5.10. The first-order chi connectivity index (χ1) is 15.1. The minimum absolute atomic E-state index is 0.104. The van der Waals surface area contributed by atoms with E-state index in [1.54, 1.807) is 31.4 Å². The molecule has 2 heterocycles. The summed E-state index contributed by atoms with van der Waals surface area (Å²) in [6.45, 7) is 0. The van der Waals surface area contributed by atoms with Crippen LogP contribution in [0.5, 0.6) is 5.75 Å². The van der Waals surface area contributed by atoms with Crippen molar-refractivity contribution in [1.29, 1.82) is 0 Å². The SMILES string of the molecule is COc1ccc(-c2ccc(SCc3ccc(C(=O)Nc4ccccc4F)o3)nn2)cc1. The number of carbonyl (C=O) groups excluding carboxylic acids is 1. The maximum absolute atomic E-state index is 13.7. The molecule has 156 valence electrons. The number of carbonyl (C=O) groups is 1. The third-order valence-corrected chi connectivity index (χ3v) is 5.34. The lowest BCUT2D eigenvalue weighted by molar-refractivity contribution is 0.0995. The van der Waals surface area contributed by atoms with Crippen LogP contribution in [0.3, 0.4) is 0 Å². The number of anilines is 1. The zero-order valence-corrected chi connectivity index (χ0v) is 17.4. The standard InChI is InChI=1S/C23H18FN3O3S/c1-29-16-8-6-15(7-9-16)19-11-13-22(27-26-19)31-14-17-10-12-21(30-17)23(28)25-20-5-3-2-4-18(20)24/h2-13H,14H2,1H3,(H,25,28). The number of thioether (sulfide) groups is 1. The number of amides is 1. The highest BCUT2D eigenvalue weighted by molar-refractivity contribution is 7.98. The summed E-state index contributed by atoms with van der Waals surface area (Å²) in [7, 11) is 1.62. The molecule has 0 spiro atoms. The fraction of sp³-hybridized carbons (Fsp3) is 0.0870. The highest BCUT2D eigenvalue weighted by Crippen LogP contribution is 2.25. The van der Waals surface area contributed by atoms with E-state index < -0.39 is 11.7 Å². The van der Waals surface area contributed by atoms with Gasteiger partial charge in [-0.25, -0.2) is 4.39 Å². The molecule has 0 unspecified atom stereocenters. The molecule has 0 saturated heterocycles. The van der Waals surface area contributed by atoms with E-state index in [0.29, 0.717) is 11.5 Å². The van der Waals surface area contributed by atoms with Gasteiger partial charge in [-0.2, -0.15) is 0 Å². The molecule has 0 aliphatic rings. The molecule has 0 radical (unpaired) electrons. The summed E-state index contributed by atoms with van der Waals surface area (Å²) >= 11 is 1.44. The van der Waals surface area contributed by atoms with Crippen LogP contribution in [0.15, 0.2) is 82.2 Å². The molecular formula is C23H18FN3O3S. The lowest BCUT2D eigenvalue weighted by Crippen LogP contribution is -2.11. The second kappa shape index (κ2) is 9.44. The van der Waals surface area contributed by atoms with E-state index in [-0.39, 0.29) is 11.4 Å². The van der Waals surface area contributed by atoms with Gasteiger partial charge in [-0.05, 0) is 60.7 Å². The summed E-state index contributed by atoms with van der Waals surface area (Å²) in [5.74, 6) is 0.956. The Labute approximate surface area is 182 Å². The average molecular weight is 435 g/mol. The average Bonchev–Trinajstić information content (AvgIpc) is 3.29. The largest absolute Gasteiger partial charge is 0.497 e. The Balaban J connectivity index is 1.35. The Hall–Kier alpha value is -3.65. The van der Waals surface area contributed by atoms with Gasteiger partial charge in [0.1, 0.15) is 22.4 Å². The maximum Gasteiger partial charge on any atom is 0.291 e. The molecule has 31 heavy (non-hydrogen) atoms. The molecule has 0 fully saturated rings. The number of nitrogens with one attached hydrogen (secondary N) is 1. The number of para-hydroxylation sites is 1. The number of halogens is 1. The van der Waals surface area contributed by atoms with Gasteiger partial charge >= 0.3 is 0 Å². The highest BCUT2D eigenvalue weighted by Gasteiger charge is 2.14. The second-order valence-electron chi connectivity index (χ2n) is 6.47. The Morgan fingerprint density at radius 1 is 1.03 bits per heavy atom. The number of benzene rings is 2. The summed E-state index contributed by atoms with van der Waals surface area (Å²) in [6.07, 6.45) is 0. The Morgan fingerprint density at radius 3 is 2.55 bits per heavy atom. The third-order valence-electron chi connectivity index (χ3n) is 4.40. The van der Waals surface area contributed by atoms with Gasteiger partial charge in [-0.15, -0.1) is 10.2 Å². The van der Waals surface area contributed by atoms with Crippen molar-refractivity contribution in [2.24, 2.45) is 0 Å². The van der Waals surface area contributed by atoms with E-state index in [9.17, 15) is 9.18 Å². The van der Waals surface area contributed by atoms with Crippen molar-refractivity contribution in [1.82, 2.24) is 10.2 Å². The van der Waals surface area contributed by atoms with Crippen LogP contribution in [0.25, 0.3) is 11.3 Å². The van der Waals surface area contributed by atoms with E-state index in [0.717, 1.165) is 22.0 Å². The lowest BCUT2D eigenvalue weighted by atomic mass is 10.1. The van der Waals surface area contributed by atoms with E-state index in [4.69, 9.17) is 9.15 Å². The number of furan rings is 1. The van der Waals surface area contributed by atoms with Crippen LogP contribution in [-0.4, -0.2) is 23.2 Å². The number of aromatic nitrogens is 2. The van der Waals surface area contributed by atoms with Crippen LogP contribution < -0.4 is 10.1 Å². The first-order valence-electron chi connectivity index (χ1n) is 9.38. The van der Waals surface area contributed by atoms with Crippen molar-refractivity contribution in [2.75, 3.05) is 12.4 Å².